The fourth-order valence-corrected chi connectivity index (χ4v) is 9.87. The summed E-state index contributed by atoms with van der Waals surface area (Å²) in [5.41, 5.74) is -8.31. The lowest BCUT2D eigenvalue weighted by atomic mass is 9.42. The highest BCUT2D eigenvalue weighted by molar-refractivity contribution is 6.40. The van der Waals surface area contributed by atoms with Gasteiger partial charge in [0, 0.05) is 37.0 Å². The van der Waals surface area contributed by atoms with Crippen LogP contribution in [-0.2, 0) is 42.9 Å². The number of nitrogens with one attached hydrogen (secondary N) is 1. The number of hydrogen-bond donors (Lipinski definition) is 4. The standard InChI is InChI=1S/C43H53NO14/c1-22-26(55-37(51)32(48)30(24-15-11-9-12-16-24)44-38(52)58-39(3,4)5)20-43(53)35(56-36(50)25-17-13-10-14-18-25)33-41(8,34(49)31(47)29(22)40(43,6)7)27(46)19-28-42(33,21-54-28)57-23(2)45/h9-18,22,26-30,32-33,35,46,48,53H,19-21H2,1-8H3,(H,44,52)/t22?,26?,27-,28+,29?,30-,32+,33?,35-,41+,42-,43+/m0/s1. The second-order valence-corrected chi connectivity index (χ2v) is 17.9. The molecule has 0 aromatic heterocycles. The zero-order valence-corrected chi connectivity index (χ0v) is 33.9. The van der Waals surface area contributed by atoms with E-state index in [0.717, 1.165) is 6.92 Å². The van der Waals surface area contributed by atoms with Crippen molar-refractivity contribution in [3.8, 4) is 0 Å². The fraction of sp³-hybridized carbons (Fsp3) is 0.581. The minimum absolute atomic E-state index is 0.0747. The number of aliphatic hydroxyl groups is 3. The molecule has 1 heterocycles. The van der Waals surface area contributed by atoms with Crippen molar-refractivity contribution in [2.75, 3.05) is 6.61 Å². The largest absolute Gasteiger partial charge is 0.460 e. The maximum atomic E-state index is 14.9. The number of aliphatic hydroxyl groups excluding tert-OH is 2. The van der Waals surface area contributed by atoms with Gasteiger partial charge < -0.3 is 44.3 Å². The maximum Gasteiger partial charge on any atom is 0.408 e. The van der Waals surface area contributed by atoms with Gasteiger partial charge in [-0.05, 0) is 45.4 Å². The van der Waals surface area contributed by atoms with Gasteiger partial charge in [0.1, 0.15) is 29.5 Å². The van der Waals surface area contributed by atoms with E-state index in [1.165, 1.54) is 19.1 Å². The number of fused-ring (bicyclic) bond motifs is 5. The summed E-state index contributed by atoms with van der Waals surface area (Å²) in [6, 6.07) is 14.6. The maximum absolute atomic E-state index is 14.9. The van der Waals surface area contributed by atoms with Crippen LogP contribution in [0.3, 0.4) is 0 Å². The first-order valence-corrected chi connectivity index (χ1v) is 19.5. The summed E-state index contributed by atoms with van der Waals surface area (Å²) in [6.07, 6.45) is -9.48. The molecule has 6 rings (SSSR count). The van der Waals surface area contributed by atoms with Crippen LogP contribution in [0.2, 0.25) is 0 Å². The minimum atomic E-state index is -2.36. The van der Waals surface area contributed by atoms with Gasteiger partial charge in [0.15, 0.2) is 11.7 Å². The molecule has 3 aliphatic carbocycles. The fourth-order valence-electron chi connectivity index (χ4n) is 9.87. The van der Waals surface area contributed by atoms with E-state index in [1.807, 2.05) is 0 Å². The Morgan fingerprint density at radius 2 is 1.55 bits per heavy atom. The third-order valence-electron chi connectivity index (χ3n) is 12.9. The Morgan fingerprint density at radius 3 is 2.10 bits per heavy atom. The van der Waals surface area contributed by atoms with Gasteiger partial charge in [-0.15, -0.1) is 0 Å². The average Bonchev–Trinajstić information content (AvgIpc) is 3.14. The smallest absolute Gasteiger partial charge is 0.408 e. The first kappa shape index (κ1) is 42.9. The van der Waals surface area contributed by atoms with Gasteiger partial charge in [0.2, 0.25) is 11.6 Å². The number of ether oxygens (including phenoxy) is 5. The van der Waals surface area contributed by atoms with Crippen molar-refractivity contribution in [2.45, 2.75) is 122 Å². The van der Waals surface area contributed by atoms with Gasteiger partial charge in [-0.3, -0.25) is 14.4 Å². The predicted molar refractivity (Wildman–Crippen MR) is 203 cm³/mol. The number of esters is 3. The Balaban J connectivity index is 1.46. The molecule has 4 N–H and O–H groups in total. The summed E-state index contributed by atoms with van der Waals surface area (Å²) in [4.78, 5) is 83.6. The molecule has 2 bridgehead atoms. The van der Waals surface area contributed by atoms with E-state index >= 15 is 0 Å². The zero-order valence-electron chi connectivity index (χ0n) is 33.9. The minimum Gasteiger partial charge on any atom is -0.460 e. The van der Waals surface area contributed by atoms with Crippen molar-refractivity contribution in [2.24, 2.45) is 28.6 Å². The summed E-state index contributed by atoms with van der Waals surface area (Å²) in [7, 11) is 0. The molecule has 4 unspecified atom stereocenters. The van der Waals surface area contributed by atoms with Gasteiger partial charge in [-0.2, -0.15) is 0 Å². The van der Waals surface area contributed by atoms with Crippen LogP contribution >= 0.6 is 0 Å². The number of carbonyl (C=O) groups excluding carboxylic acids is 6. The molecule has 4 fully saturated rings. The Morgan fingerprint density at radius 1 is 0.948 bits per heavy atom. The van der Waals surface area contributed by atoms with E-state index in [-0.39, 0.29) is 18.6 Å². The third-order valence-corrected chi connectivity index (χ3v) is 12.9. The van der Waals surface area contributed by atoms with Crippen LogP contribution in [0.5, 0.6) is 0 Å². The molecule has 2 aromatic carbocycles. The predicted octanol–water partition coefficient (Wildman–Crippen LogP) is 3.40. The molecular formula is C43H53NO14. The van der Waals surface area contributed by atoms with Crippen LogP contribution in [0.4, 0.5) is 4.79 Å². The first-order chi connectivity index (χ1) is 27.0. The van der Waals surface area contributed by atoms with Crippen LogP contribution in [0, 0.1) is 28.6 Å². The average molecular weight is 808 g/mol. The van der Waals surface area contributed by atoms with Gasteiger partial charge in [0.05, 0.1) is 35.6 Å². The van der Waals surface area contributed by atoms with Gasteiger partial charge >= 0.3 is 24.0 Å². The molecule has 314 valence electrons. The molecule has 4 aliphatic rings. The summed E-state index contributed by atoms with van der Waals surface area (Å²) >= 11 is 0. The normalized spacial score (nSPS) is 34.9. The summed E-state index contributed by atoms with van der Waals surface area (Å²) in [5.74, 6) is -8.93. The molecule has 3 saturated carbocycles. The number of hydrogen-bond acceptors (Lipinski definition) is 14. The van der Waals surface area contributed by atoms with E-state index in [4.69, 9.17) is 23.7 Å². The molecule has 0 radical (unpaired) electrons. The number of Topliss-reactive ketones (excluding diaryl/α,β-unsaturated/α-hetero) is 2. The zero-order chi connectivity index (χ0) is 42.7. The van der Waals surface area contributed by atoms with Crippen molar-refractivity contribution < 1.29 is 67.8 Å². The van der Waals surface area contributed by atoms with Crippen molar-refractivity contribution >= 4 is 35.6 Å². The molecular weight excluding hydrogens is 754 g/mol. The molecule has 1 saturated heterocycles. The number of carbonyl (C=O) groups is 6. The Bertz CT molecular complexity index is 1950. The molecule has 1 aliphatic heterocycles. The van der Waals surface area contributed by atoms with E-state index in [2.05, 4.69) is 5.32 Å². The van der Waals surface area contributed by atoms with Gasteiger partial charge in [-0.25, -0.2) is 14.4 Å². The van der Waals surface area contributed by atoms with Gasteiger partial charge in [-0.1, -0.05) is 69.3 Å². The van der Waals surface area contributed by atoms with Gasteiger partial charge in [0.25, 0.3) is 0 Å². The highest BCUT2D eigenvalue weighted by Gasteiger charge is 2.79. The Hall–Kier alpha value is -4.70. The van der Waals surface area contributed by atoms with Crippen LogP contribution in [-0.4, -0.2) is 105 Å². The number of rotatable bonds is 8. The van der Waals surface area contributed by atoms with Crippen LogP contribution < -0.4 is 5.32 Å². The lowest BCUT2D eigenvalue weighted by Crippen LogP contribution is -2.82. The van der Waals surface area contributed by atoms with E-state index in [9.17, 15) is 44.1 Å². The SMILES string of the molecule is CC(=O)O[C@@]12CO[C@@H]1C[C@H](O)[C@@]1(C)C(=O)C(=O)C3C(C)C(OC(=O)[C@H](O)[C@@H](NC(=O)OC(C)(C)C)c4ccccc4)C[C@@](O)([C@@H](OC(=O)c4ccccc4)C12)C3(C)C. The van der Waals surface area contributed by atoms with Crippen molar-refractivity contribution in [3.05, 3.63) is 71.8 Å². The van der Waals surface area contributed by atoms with Crippen molar-refractivity contribution in [1.82, 2.24) is 5.32 Å². The summed E-state index contributed by atoms with van der Waals surface area (Å²) < 4.78 is 29.5. The molecule has 58 heavy (non-hydrogen) atoms. The highest BCUT2D eigenvalue weighted by Crippen LogP contribution is 2.64. The highest BCUT2D eigenvalue weighted by atomic mass is 16.6. The van der Waals surface area contributed by atoms with Crippen LogP contribution in [0.15, 0.2) is 60.7 Å². The monoisotopic (exact) mass is 807 g/mol. The second kappa shape index (κ2) is 15.2. The van der Waals surface area contributed by atoms with Crippen LogP contribution in [0.1, 0.15) is 90.2 Å². The Kier molecular flexibility index (Phi) is 11.2. The topological polar surface area (TPSA) is 221 Å². The molecule has 15 nitrogen and oxygen atoms in total. The van der Waals surface area contributed by atoms with Crippen LogP contribution in [0.25, 0.3) is 0 Å². The third kappa shape index (κ3) is 7.09. The number of alkyl carbamates (subject to hydrolysis) is 1. The lowest BCUT2D eigenvalue weighted by Gasteiger charge is -2.67. The molecule has 15 heteroatoms. The van der Waals surface area contributed by atoms with Crippen molar-refractivity contribution in [1.29, 1.82) is 0 Å². The molecule has 12 atom stereocenters. The molecule has 1 amide bonds. The molecule has 2 aromatic rings. The first-order valence-electron chi connectivity index (χ1n) is 19.5. The summed E-state index contributed by atoms with van der Waals surface area (Å²) in [6.45, 7) is 11.8. The summed E-state index contributed by atoms with van der Waals surface area (Å²) in [5, 5.41) is 39.3. The number of amides is 1. The number of ketones is 2. The van der Waals surface area contributed by atoms with Crippen molar-refractivity contribution in [3.63, 3.8) is 0 Å². The molecule has 0 spiro atoms. The van der Waals surface area contributed by atoms with E-state index < -0.39 is 124 Å². The lowest BCUT2D eigenvalue weighted by molar-refractivity contribution is -0.350. The van der Waals surface area contributed by atoms with E-state index in [0.29, 0.717) is 5.56 Å². The number of benzene rings is 2. The quantitative estimate of drug-likeness (QED) is 0.171. The van der Waals surface area contributed by atoms with E-state index in [1.54, 1.807) is 90.1 Å². The second-order valence-electron chi connectivity index (χ2n) is 17.9. The Labute approximate surface area is 336 Å².